The number of benzene rings is 1. The number of aryl methyl sites for hydroxylation is 1. The minimum absolute atomic E-state index is 0.537. The molecule has 0 spiro atoms. The quantitative estimate of drug-likeness (QED) is 0.881. The van der Waals surface area contributed by atoms with Gasteiger partial charge in [0.15, 0.2) is 0 Å². The largest absolute Gasteiger partial charge is 0.369 e. The van der Waals surface area contributed by atoms with Gasteiger partial charge in [-0.15, -0.1) is 0 Å². The molecule has 1 aliphatic rings. The second-order valence-electron chi connectivity index (χ2n) is 5.91. The van der Waals surface area contributed by atoms with Gasteiger partial charge in [0.25, 0.3) is 0 Å². The van der Waals surface area contributed by atoms with E-state index in [0.717, 1.165) is 11.4 Å². The predicted octanol–water partition coefficient (Wildman–Crippen LogP) is 4.07. The van der Waals surface area contributed by atoms with Gasteiger partial charge < -0.3 is 10.3 Å². The maximum Gasteiger partial charge on any atom is 0.201 e. The molecule has 3 nitrogen and oxygen atoms in total. The summed E-state index contributed by atoms with van der Waals surface area (Å²) in [6.07, 6.45) is 6.44. The van der Waals surface area contributed by atoms with Crippen molar-refractivity contribution in [1.82, 2.24) is 9.55 Å². The van der Waals surface area contributed by atoms with Crippen molar-refractivity contribution in [2.24, 2.45) is 5.92 Å². The van der Waals surface area contributed by atoms with E-state index in [0.29, 0.717) is 12.0 Å². The molecule has 1 aromatic heterocycles. The Morgan fingerprint density at radius 2 is 2.00 bits per heavy atom. The van der Waals surface area contributed by atoms with Crippen LogP contribution in [0.3, 0.4) is 0 Å². The van der Waals surface area contributed by atoms with Crippen molar-refractivity contribution in [3.63, 3.8) is 0 Å². The molecule has 0 saturated heterocycles. The number of imidazole rings is 1. The summed E-state index contributed by atoms with van der Waals surface area (Å²) in [5.41, 5.74) is 9.66. The normalized spacial score (nSPS) is 23.9. The van der Waals surface area contributed by atoms with E-state index in [1.807, 2.05) is 0 Å². The van der Waals surface area contributed by atoms with E-state index in [2.05, 4.69) is 41.6 Å². The fraction of sp³-hybridized carbons (Fsp3) is 0.562. The van der Waals surface area contributed by atoms with E-state index < -0.39 is 0 Å². The molecule has 102 valence electrons. The molecule has 1 aromatic carbocycles. The maximum absolute atomic E-state index is 6.15. The SMILES string of the molecule is CCC1CCC(n2c(N)nc3ccc(C)cc32)CC1. The van der Waals surface area contributed by atoms with Crippen LogP contribution >= 0.6 is 0 Å². The molecule has 1 fully saturated rings. The van der Waals surface area contributed by atoms with Crippen molar-refractivity contribution in [1.29, 1.82) is 0 Å². The third-order valence-electron chi connectivity index (χ3n) is 4.63. The Balaban J connectivity index is 1.96. The Labute approximate surface area is 114 Å². The van der Waals surface area contributed by atoms with E-state index in [1.165, 1.54) is 43.2 Å². The van der Waals surface area contributed by atoms with Gasteiger partial charge in [-0.3, -0.25) is 0 Å². The molecule has 1 saturated carbocycles. The molecule has 1 aliphatic carbocycles. The average molecular weight is 257 g/mol. The molecule has 0 radical (unpaired) electrons. The third-order valence-corrected chi connectivity index (χ3v) is 4.63. The van der Waals surface area contributed by atoms with Gasteiger partial charge in [0, 0.05) is 6.04 Å². The number of anilines is 1. The summed E-state index contributed by atoms with van der Waals surface area (Å²) in [5.74, 6) is 1.59. The Morgan fingerprint density at radius 3 is 2.68 bits per heavy atom. The number of fused-ring (bicyclic) bond motifs is 1. The highest BCUT2D eigenvalue weighted by atomic mass is 15.2. The van der Waals surface area contributed by atoms with Gasteiger partial charge in [0.1, 0.15) is 0 Å². The summed E-state index contributed by atoms with van der Waals surface area (Å²) in [6.45, 7) is 4.43. The average Bonchev–Trinajstić information content (AvgIpc) is 2.74. The molecule has 1 heterocycles. The zero-order valence-electron chi connectivity index (χ0n) is 11.9. The number of rotatable bonds is 2. The van der Waals surface area contributed by atoms with Gasteiger partial charge in [-0.25, -0.2) is 4.98 Å². The molecular weight excluding hydrogens is 234 g/mol. The maximum atomic E-state index is 6.15. The van der Waals surface area contributed by atoms with Crippen LogP contribution in [0.4, 0.5) is 5.95 Å². The smallest absolute Gasteiger partial charge is 0.201 e. The van der Waals surface area contributed by atoms with Gasteiger partial charge in [-0.2, -0.15) is 0 Å². The van der Waals surface area contributed by atoms with Gasteiger partial charge in [0.2, 0.25) is 5.95 Å². The van der Waals surface area contributed by atoms with E-state index in [1.54, 1.807) is 0 Å². The molecule has 2 aromatic rings. The van der Waals surface area contributed by atoms with Crippen LogP contribution in [0.1, 0.15) is 50.6 Å². The number of hydrogen-bond donors (Lipinski definition) is 1. The predicted molar refractivity (Wildman–Crippen MR) is 80.2 cm³/mol. The first-order chi connectivity index (χ1) is 9.19. The lowest BCUT2D eigenvalue weighted by molar-refractivity contribution is 0.275. The molecule has 3 rings (SSSR count). The molecule has 0 bridgehead atoms. The third kappa shape index (κ3) is 2.22. The Kier molecular flexibility index (Phi) is 3.21. The number of nitrogen functional groups attached to an aromatic ring is 1. The number of aromatic nitrogens is 2. The standard InChI is InChI=1S/C16H23N3/c1-3-12-5-7-13(8-6-12)19-15-10-11(2)4-9-14(15)18-16(19)17/h4,9-10,12-13H,3,5-8H2,1-2H3,(H2,17,18). The first-order valence-electron chi connectivity index (χ1n) is 7.43. The highest BCUT2D eigenvalue weighted by Crippen LogP contribution is 2.37. The molecule has 3 heteroatoms. The van der Waals surface area contributed by atoms with Gasteiger partial charge in [-0.05, 0) is 56.2 Å². The second kappa shape index (κ2) is 4.87. The molecular formula is C16H23N3. The van der Waals surface area contributed by atoms with Crippen LogP contribution < -0.4 is 5.73 Å². The highest BCUT2D eigenvalue weighted by molar-refractivity contribution is 5.79. The second-order valence-corrected chi connectivity index (χ2v) is 5.91. The Morgan fingerprint density at radius 1 is 1.26 bits per heavy atom. The van der Waals surface area contributed by atoms with Crippen LogP contribution in [0.2, 0.25) is 0 Å². The lowest BCUT2D eigenvalue weighted by atomic mass is 9.84. The van der Waals surface area contributed by atoms with Crippen molar-refractivity contribution in [3.05, 3.63) is 23.8 Å². The fourth-order valence-electron chi connectivity index (χ4n) is 3.42. The van der Waals surface area contributed by atoms with Crippen LogP contribution in [0.25, 0.3) is 11.0 Å². The number of nitrogens with two attached hydrogens (primary N) is 1. The van der Waals surface area contributed by atoms with Crippen molar-refractivity contribution in [2.45, 2.75) is 52.0 Å². The van der Waals surface area contributed by atoms with Crippen molar-refractivity contribution < 1.29 is 0 Å². The molecule has 0 amide bonds. The van der Waals surface area contributed by atoms with Gasteiger partial charge in [-0.1, -0.05) is 19.4 Å². The summed E-state index contributed by atoms with van der Waals surface area (Å²) >= 11 is 0. The first kappa shape index (κ1) is 12.5. The molecule has 0 aliphatic heterocycles. The Hall–Kier alpha value is -1.51. The molecule has 0 unspecified atom stereocenters. The van der Waals surface area contributed by atoms with Gasteiger partial charge in [0.05, 0.1) is 11.0 Å². The van der Waals surface area contributed by atoms with E-state index >= 15 is 0 Å². The van der Waals surface area contributed by atoms with Crippen LogP contribution in [0.15, 0.2) is 18.2 Å². The molecule has 19 heavy (non-hydrogen) atoms. The minimum atomic E-state index is 0.537. The summed E-state index contributed by atoms with van der Waals surface area (Å²) in [7, 11) is 0. The van der Waals surface area contributed by atoms with E-state index in [-0.39, 0.29) is 0 Å². The van der Waals surface area contributed by atoms with E-state index in [9.17, 15) is 0 Å². The fourth-order valence-corrected chi connectivity index (χ4v) is 3.42. The molecule has 2 N–H and O–H groups in total. The monoisotopic (exact) mass is 257 g/mol. The highest BCUT2D eigenvalue weighted by Gasteiger charge is 2.24. The first-order valence-corrected chi connectivity index (χ1v) is 7.43. The van der Waals surface area contributed by atoms with Crippen LogP contribution in [-0.4, -0.2) is 9.55 Å². The van der Waals surface area contributed by atoms with Crippen LogP contribution in [0, 0.1) is 12.8 Å². The van der Waals surface area contributed by atoms with Crippen molar-refractivity contribution in [3.8, 4) is 0 Å². The Bertz CT molecular complexity index is 577. The summed E-state index contributed by atoms with van der Waals surface area (Å²) in [5, 5.41) is 0. The zero-order valence-corrected chi connectivity index (χ0v) is 11.9. The van der Waals surface area contributed by atoms with E-state index in [4.69, 9.17) is 5.73 Å². The zero-order chi connectivity index (χ0) is 13.4. The van der Waals surface area contributed by atoms with Crippen molar-refractivity contribution >= 4 is 17.0 Å². The lowest BCUT2D eigenvalue weighted by Gasteiger charge is -2.29. The topological polar surface area (TPSA) is 43.8 Å². The number of hydrogen-bond acceptors (Lipinski definition) is 2. The summed E-state index contributed by atoms with van der Waals surface area (Å²) in [4.78, 5) is 4.51. The van der Waals surface area contributed by atoms with Gasteiger partial charge >= 0.3 is 0 Å². The minimum Gasteiger partial charge on any atom is -0.369 e. The van der Waals surface area contributed by atoms with Crippen LogP contribution in [-0.2, 0) is 0 Å². The summed E-state index contributed by atoms with van der Waals surface area (Å²) in [6, 6.07) is 6.93. The molecule has 0 atom stereocenters. The lowest BCUT2D eigenvalue weighted by Crippen LogP contribution is -2.19. The van der Waals surface area contributed by atoms with Crippen LogP contribution in [0.5, 0.6) is 0 Å². The summed E-state index contributed by atoms with van der Waals surface area (Å²) < 4.78 is 2.27. The number of nitrogens with zero attached hydrogens (tertiary/aromatic N) is 2. The van der Waals surface area contributed by atoms with Crippen molar-refractivity contribution in [2.75, 3.05) is 5.73 Å².